The van der Waals surface area contributed by atoms with E-state index in [4.69, 9.17) is 33.7 Å². The maximum atomic E-state index is 14.6. The van der Waals surface area contributed by atoms with Crippen LogP contribution >= 0.6 is 7.75 Å². The van der Waals surface area contributed by atoms with Gasteiger partial charge in [0.2, 0.25) is 5.60 Å². The second kappa shape index (κ2) is 17.2. The standard InChI is InChI=1S/C36H44F3N6O10P/c1-20(2)32(46)52-29-28(26-15-16-27-31(41)42-19-43-45(26)27)54-35(17-40,30(29)53-33(47)21(3)4)18-50-56(49,55-25-9-7-6-8-10-25)44-22(5)34(48)51-24-13-11-23(12-14-24)36(37,38)39/h6-10,15-16,19-24,28-30H,11-14,18H2,1-5H3,(H,44,49)(H2,41,42,43)/t22-,23-,24-,28-,29-,30-,35+,56-/m0/s1. The first-order valence-corrected chi connectivity index (χ1v) is 19.5. The van der Waals surface area contributed by atoms with E-state index in [0.717, 1.165) is 0 Å². The highest BCUT2D eigenvalue weighted by molar-refractivity contribution is 7.52. The Bertz CT molecular complexity index is 1970. The molecule has 16 nitrogen and oxygen atoms in total. The van der Waals surface area contributed by atoms with Crippen LogP contribution in [0.5, 0.6) is 5.75 Å². The van der Waals surface area contributed by atoms with E-state index < -0.39 is 92.3 Å². The van der Waals surface area contributed by atoms with Crippen LogP contribution in [0.25, 0.3) is 5.52 Å². The fourth-order valence-corrected chi connectivity index (χ4v) is 7.73. The molecule has 2 fully saturated rings. The third-order valence-electron chi connectivity index (χ3n) is 9.37. The lowest BCUT2D eigenvalue weighted by atomic mass is 9.87. The Morgan fingerprint density at radius 1 is 1.00 bits per heavy atom. The monoisotopic (exact) mass is 808 g/mol. The zero-order chi connectivity index (χ0) is 41.0. The van der Waals surface area contributed by atoms with Gasteiger partial charge >= 0.3 is 31.8 Å². The topological polar surface area (TPSA) is 216 Å². The van der Waals surface area contributed by atoms with Gasteiger partial charge < -0.3 is 29.2 Å². The highest BCUT2D eigenvalue weighted by atomic mass is 31.2. The van der Waals surface area contributed by atoms with Crippen molar-refractivity contribution < 1.29 is 60.1 Å². The Labute approximate surface area is 320 Å². The van der Waals surface area contributed by atoms with Gasteiger partial charge in [-0.25, -0.2) is 14.1 Å². The number of para-hydroxylation sites is 1. The second-order valence-electron chi connectivity index (χ2n) is 14.3. The highest BCUT2D eigenvalue weighted by Gasteiger charge is 2.62. The Hall–Kier alpha value is -4.76. The van der Waals surface area contributed by atoms with E-state index >= 15 is 0 Å². The van der Waals surface area contributed by atoms with E-state index in [9.17, 15) is 37.4 Å². The number of anilines is 1. The summed E-state index contributed by atoms with van der Waals surface area (Å²) in [6.45, 7) is 6.58. The summed E-state index contributed by atoms with van der Waals surface area (Å²) in [5.41, 5.74) is 4.28. The van der Waals surface area contributed by atoms with Gasteiger partial charge in [0.15, 0.2) is 18.0 Å². The number of nitrogen functional groups attached to an aromatic ring is 1. The zero-order valence-corrected chi connectivity index (χ0v) is 32.2. The number of esters is 3. The number of ether oxygens (including phenoxy) is 4. The van der Waals surface area contributed by atoms with E-state index in [2.05, 4.69) is 15.2 Å². The van der Waals surface area contributed by atoms with Crippen molar-refractivity contribution in [3.05, 3.63) is 54.5 Å². The molecule has 3 N–H and O–H groups in total. The van der Waals surface area contributed by atoms with Crippen molar-refractivity contribution in [3.8, 4) is 11.8 Å². The molecule has 0 unspecified atom stereocenters. The van der Waals surface area contributed by atoms with Crippen LogP contribution in [-0.4, -0.2) is 75.2 Å². The zero-order valence-electron chi connectivity index (χ0n) is 31.3. The number of halogens is 3. The molecule has 2 aromatic heterocycles. The molecular weight excluding hydrogens is 764 g/mol. The molecule has 1 saturated carbocycles. The average Bonchev–Trinajstić information content (AvgIpc) is 3.71. The molecule has 0 spiro atoms. The maximum absolute atomic E-state index is 14.6. The lowest BCUT2D eigenvalue weighted by molar-refractivity contribution is -0.189. The number of carbonyl (C=O) groups excluding carboxylic acids is 3. The van der Waals surface area contributed by atoms with Crippen LogP contribution in [0.3, 0.4) is 0 Å². The summed E-state index contributed by atoms with van der Waals surface area (Å²) in [5.74, 6) is -5.23. The number of aromatic nitrogens is 3. The van der Waals surface area contributed by atoms with Crippen molar-refractivity contribution in [1.29, 1.82) is 5.26 Å². The number of hydrogen-bond donors (Lipinski definition) is 2. The largest absolute Gasteiger partial charge is 0.461 e. The fourth-order valence-electron chi connectivity index (χ4n) is 6.21. The lowest BCUT2D eigenvalue weighted by Crippen LogP contribution is -2.50. The molecule has 3 heterocycles. The van der Waals surface area contributed by atoms with Gasteiger partial charge in [-0.1, -0.05) is 45.9 Å². The molecule has 1 aliphatic carbocycles. The molecule has 1 aromatic carbocycles. The minimum absolute atomic E-state index is 0.0187. The van der Waals surface area contributed by atoms with Gasteiger partial charge in [-0.3, -0.25) is 18.9 Å². The Morgan fingerprint density at radius 3 is 2.25 bits per heavy atom. The van der Waals surface area contributed by atoms with E-state index in [1.807, 2.05) is 6.07 Å². The van der Waals surface area contributed by atoms with Crippen molar-refractivity contribution in [2.45, 2.75) is 103 Å². The highest BCUT2D eigenvalue weighted by Crippen LogP contribution is 2.50. The van der Waals surface area contributed by atoms with E-state index in [1.165, 1.54) is 29.9 Å². The summed E-state index contributed by atoms with van der Waals surface area (Å²) in [6.07, 6.45) is -8.99. The molecule has 6 atom stereocenters. The normalized spacial score (nSPS) is 25.6. The van der Waals surface area contributed by atoms with Gasteiger partial charge in [0, 0.05) is 0 Å². The van der Waals surface area contributed by atoms with Crippen LogP contribution in [0, 0.1) is 29.1 Å². The number of nitrogens with zero attached hydrogens (tertiary/aromatic N) is 4. The smallest absolute Gasteiger partial charge is 0.459 e. The summed E-state index contributed by atoms with van der Waals surface area (Å²) in [7, 11) is -4.73. The third-order valence-corrected chi connectivity index (χ3v) is 11.0. The number of nitrogens with two attached hydrogens (primary N) is 1. The van der Waals surface area contributed by atoms with Crippen LogP contribution < -0.4 is 15.3 Å². The van der Waals surface area contributed by atoms with Gasteiger partial charge in [-0.05, 0) is 56.9 Å². The summed E-state index contributed by atoms with van der Waals surface area (Å²) in [6, 6.07) is 11.4. The predicted octanol–water partition coefficient (Wildman–Crippen LogP) is 5.63. The molecule has 5 rings (SSSR count). The van der Waals surface area contributed by atoms with Gasteiger partial charge in [0.05, 0.1) is 23.4 Å². The summed E-state index contributed by atoms with van der Waals surface area (Å²) in [4.78, 5) is 43.5. The predicted molar refractivity (Wildman–Crippen MR) is 190 cm³/mol. The Morgan fingerprint density at radius 2 is 1.64 bits per heavy atom. The molecule has 1 saturated heterocycles. The quantitative estimate of drug-likeness (QED) is 0.115. The van der Waals surface area contributed by atoms with E-state index in [-0.39, 0.29) is 42.9 Å². The lowest BCUT2D eigenvalue weighted by Gasteiger charge is -2.32. The van der Waals surface area contributed by atoms with Crippen LogP contribution in [0.15, 0.2) is 48.8 Å². The number of benzene rings is 1. The molecule has 56 heavy (non-hydrogen) atoms. The van der Waals surface area contributed by atoms with Gasteiger partial charge in [0.25, 0.3) is 0 Å². The van der Waals surface area contributed by atoms with Crippen molar-refractivity contribution in [3.63, 3.8) is 0 Å². The Kier molecular flexibility index (Phi) is 13.0. The third kappa shape index (κ3) is 9.60. The van der Waals surface area contributed by atoms with E-state index in [1.54, 1.807) is 58.0 Å². The van der Waals surface area contributed by atoms with Crippen LogP contribution in [-0.2, 0) is 42.4 Å². The molecule has 20 heteroatoms. The van der Waals surface area contributed by atoms with Crippen molar-refractivity contribution >= 4 is 37.0 Å². The second-order valence-corrected chi connectivity index (χ2v) is 16.0. The summed E-state index contributed by atoms with van der Waals surface area (Å²) in [5, 5.41) is 17.6. The minimum Gasteiger partial charge on any atom is -0.461 e. The molecule has 1 aliphatic heterocycles. The molecule has 0 radical (unpaired) electrons. The SMILES string of the molecule is CC(C)C(=O)O[C@H]1[C@H](c2ccc3c(N)ncnn23)O[C@](C#N)(CO[P@@](=O)(N[C@@H](C)C(=O)O[C@H]2CC[C@H](C(F)(F)F)CC2)Oc2ccccc2)[C@H]1OC(=O)C(C)C. The fraction of sp³-hybridized carbons (Fsp3) is 0.556. The molecule has 2 aliphatic rings. The van der Waals surface area contributed by atoms with Crippen molar-refractivity contribution in [2.75, 3.05) is 12.3 Å². The number of hydrogen-bond acceptors (Lipinski definition) is 14. The first-order chi connectivity index (χ1) is 26.4. The molecule has 0 amide bonds. The van der Waals surface area contributed by atoms with Crippen molar-refractivity contribution in [1.82, 2.24) is 19.7 Å². The number of alkyl halides is 3. The minimum atomic E-state index is -4.73. The number of rotatable bonds is 14. The number of nitrogens with one attached hydrogen (secondary N) is 1. The number of carbonyl (C=O) groups is 3. The van der Waals surface area contributed by atoms with Gasteiger partial charge in [-0.2, -0.15) is 28.6 Å². The molecule has 0 bridgehead atoms. The molecule has 304 valence electrons. The van der Waals surface area contributed by atoms with Crippen LogP contribution in [0.2, 0.25) is 0 Å². The van der Waals surface area contributed by atoms with Crippen LogP contribution in [0.4, 0.5) is 19.0 Å². The van der Waals surface area contributed by atoms with Gasteiger partial charge in [-0.15, -0.1) is 0 Å². The maximum Gasteiger partial charge on any atom is 0.459 e. The summed E-state index contributed by atoms with van der Waals surface area (Å²) >= 11 is 0. The summed E-state index contributed by atoms with van der Waals surface area (Å²) < 4.78 is 90.7. The average molecular weight is 809 g/mol. The van der Waals surface area contributed by atoms with Crippen molar-refractivity contribution in [2.24, 2.45) is 17.8 Å². The first-order valence-electron chi connectivity index (χ1n) is 18.0. The molecule has 3 aromatic rings. The molecular formula is C36H44F3N6O10P. The number of nitriles is 1. The number of fused-ring (bicyclic) bond motifs is 1. The first kappa shape index (κ1) is 42.4. The Balaban J connectivity index is 1.47. The van der Waals surface area contributed by atoms with E-state index in [0.29, 0.717) is 5.52 Å². The van der Waals surface area contributed by atoms with Crippen LogP contribution in [0.1, 0.15) is 72.1 Å². The van der Waals surface area contributed by atoms with Gasteiger partial charge in [0.1, 0.15) is 48.5 Å².